The summed E-state index contributed by atoms with van der Waals surface area (Å²) in [7, 11) is 0. The van der Waals surface area contributed by atoms with E-state index in [1.165, 1.54) is 17.0 Å². The second-order valence-electron chi connectivity index (χ2n) is 7.74. The number of piperidine rings is 1. The quantitative estimate of drug-likeness (QED) is 0.626. The molecule has 6 nitrogen and oxygen atoms in total. The molecule has 8 heteroatoms. The van der Waals surface area contributed by atoms with E-state index in [2.05, 4.69) is 4.98 Å². The minimum Gasteiger partial charge on any atom is -0.487 e. The first-order chi connectivity index (χ1) is 14.9. The first kappa shape index (κ1) is 21.0. The van der Waals surface area contributed by atoms with Crippen molar-refractivity contribution in [2.24, 2.45) is 0 Å². The highest BCUT2D eigenvalue weighted by Crippen LogP contribution is 2.23. The highest BCUT2D eigenvalue weighted by Gasteiger charge is 2.24. The monoisotopic (exact) mass is 427 g/mol. The maximum Gasteiger partial charge on any atom is 0.261 e. The number of carbonyl (C=O) groups is 1. The predicted octanol–water partition coefficient (Wildman–Crippen LogP) is 3.44. The van der Waals surface area contributed by atoms with Crippen molar-refractivity contribution >= 4 is 16.8 Å². The molecule has 0 aliphatic carbocycles. The van der Waals surface area contributed by atoms with Gasteiger partial charge in [-0.3, -0.25) is 14.2 Å². The van der Waals surface area contributed by atoms with E-state index in [0.29, 0.717) is 36.8 Å². The number of amides is 1. The first-order valence-corrected chi connectivity index (χ1v) is 10.3. The summed E-state index contributed by atoms with van der Waals surface area (Å²) in [5.41, 5.74) is 1.45. The van der Waals surface area contributed by atoms with Crippen LogP contribution in [0.1, 0.15) is 24.8 Å². The Morgan fingerprint density at radius 1 is 1.19 bits per heavy atom. The summed E-state index contributed by atoms with van der Waals surface area (Å²) >= 11 is 0. The van der Waals surface area contributed by atoms with Crippen LogP contribution in [0.2, 0.25) is 0 Å². The summed E-state index contributed by atoms with van der Waals surface area (Å²) in [6.07, 6.45) is 2.55. The van der Waals surface area contributed by atoms with Gasteiger partial charge in [-0.2, -0.15) is 0 Å². The lowest BCUT2D eigenvalue weighted by Gasteiger charge is -2.32. The van der Waals surface area contributed by atoms with E-state index >= 15 is 0 Å². The molecule has 4 rings (SSSR count). The van der Waals surface area contributed by atoms with Gasteiger partial charge in [-0.25, -0.2) is 13.8 Å². The van der Waals surface area contributed by atoms with Crippen molar-refractivity contribution in [2.75, 3.05) is 13.1 Å². The van der Waals surface area contributed by atoms with Gasteiger partial charge in [-0.1, -0.05) is 12.1 Å². The number of rotatable bonds is 5. The lowest BCUT2D eigenvalue weighted by atomic mass is 10.1. The number of fused-ring (bicyclic) bond motifs is 1. The average molecular weight is 427 g/mol. The summed E-state index contributed by atoms with van der Waals surface area (Å²) in [5.74, 6) is -1.42. The van der Waals surface area contributed by atoms with Gasteiger partial charge >= 0.3 is 0 Å². The Balaban J connectivity index is 1.32. The third-order valence-corrected chi connectivity index (χ3v) is 5.60. The maximum atomic E-state index is 13.8. The van der Waals surface area contributed by atoms with Gasteiger partial charge in [0.25, 0.3) is 5.56 Å². The third-order valence-electron chi connectivity index (χ3n) is 5.60. The van der Waals surface area contributed by atoms with Gasteiger partial charge in [0.2, 0.25) is 5.91 Å². The summed E-state index contributed by atoms with van der Waals surface area (Å²) in [4.78, 5) is 31.4. The van der Waals surface area contributed by atoms with E-state index in [4.69, 9.17) is 4.74 Å². The number of carbonyl (C=O) groups excluding carboxylic acids is 1. The van der Waals surface area contributed by atoms with Crippen LogP contribution in [0, 0.1) is 18.6 Å². The highest BCUT2D eigenvalue weighted by atomic mass is 19.1. The van der Waals surface area contributed by atoms with Crippen LogP contribution in [-0.4, -0.2) is 39.6 Å². The van der Waals surface area contributed by atoms with Crippen molar-refractivity contribution in [1.82, 2.24) is 14.5 Å². The second-order valence-corrected chi connectivity index (χ2v) is 7.74. The Labute approximate surface area is 178 Å². The smallest absolute Gasteiger partial charge is 0.261 e. The molecule has 0 spiro atoms. The molecule has 2 aromatic carbocycles. The molecule has 162 valence electrons. The third kappa shape index (κ3) is 4.57. The van der Waals surface area contributed by atoms with Crippen LogP contribution in [0.5, 0.6) is 5.75 Å². The van der Waals surface area contributed by atoms with Crippen LogP contribution >= 0.6 is 0 Å². The molecule has 0 unspecified atom stereocenters. The molecule has 0 atom stereocenters. The molecule has 2 heterocycles. The molecule has 1 saturated heterocycles. The first-order valence-electron chi connectivity index (χ1n) is 10.3. The van der Waals surface area contributed by atoms with Gasteiger partial charge in [0, 0.05) is 45.0 Å². The largest absolute Gasteiger partial charge is 0.487 e. The molecule has 31 heavy (non-hydrogen) atoms. The van der Waals surface area contributed by atoms with E-state index in [1.54, 1.807) is 11.0 Å². The van der Waals surface area contributed by atoms with Crippen LogP contribution in [0.15, 0.2) is 47.5 Å². The zero-order valence-electron chi connectivity index (χ0n) is 17.2. The van der Waals surface area contributed by atoms with Gasteiger partial charge in [0.15, 0.2) is 11.6 Å². The predicted molar refractivity (Wildman–Crippen MR) is 112 cm³/mol. The molecule has 1 aromatic heterocycles. The van der Waals surface area contributed by atoms with E-state index in [-0.39, 0.29) is 36.3 Å². The number of aromatic nitrogens is 2. The van der Waals surface area contributed by atoms with Crippen LogP contribution in [0.25, 0.3) is 10.9 Å². The van der Waals surface area contributed by atoms with Gasteiger partial charge < -0.3 is 9.64 Å². The summed E-state index contributed by atoms with van der Waals surface area (Å²) < 4.78 is 33.9. The lowest BCUT2D eigenvalue weighted by Crippen LogP contribution is -2.42. The lowest BCUT2D eigenvalue weighted by molar-refractivity contribution is -0.133. The number of hydrogen-bond acceptors (Lipinski definition) is 4. The van der Waals surface area contributed by atoms with Gasteiger partial charge in [0.05, 0.1) is 17.2 Å². The average Bonchev–Trinajstić information content (AvgIpc) is 2.76. The van der Waals surface area contributed by atoms with E-state index < -0.39 is 11.6 Å². The number of para-hydroxylation sites is 1. The Bertz CT molecular complexity index is 1170. The Morgan fingerprint density at radius 3 is 2.71 bits per heavy atom. The molecule has 0 N–H and O–H groups in total. The number of nitrogens with zero attached hydrogens (tertiary/aromatic N) is 3. The zero-order chi connectivity index (χ0) is 22.0. The minimum atomic E-state index is -0.733. The van der Waals surface area contributed by atoms with Crippen molar-refractivity contribution in [2.45, 2.75) is 38.8 Å². The van der Waals surface area contributed by atoms with Crippen LogP contribution in [0.4, 0.5) is 8.78 Å². The van der Waals surface area contributed by atoms with Gasteiger partial charge in [0.1, 0.15) is 11.9 Å². The zero-order valence-corrected chi connectivity index (χ0v) is 17.2. The van der Waals surface area contributed by atoms with E-state index in [1.807, 2.05) is 19.1 Å². The number of aryl methyl sites for hydroxylation is 2. The molecule has 1 amide bonds. The fourth-order valence-corrected chi connectivity index (χ4v) is 3.84. The van der Waals surface area contributed by atoms with Crippen molar-refractivity contribution < 1.29 is 18.3 Å². The molecule has 0 radical (unpaired) electrons. The molecular formula is C23H23F2N3O3. The van der Waals surface area contributed by atoms with Crippen molar-refractivity contribution in [1.29, 1.82) is 0 Å². The molecule has 1 aliphatic rings. The van der Waals surface area contributed by atoms with Crippen molar-refractivity contribution in [3.8, 4) is 5.75 Å². The normalized spacial score (nSPS) is 14.7. The molecule has 0 bridgehead atoms. The molecular weight excluding hydrogens is 404 g/mol. The Morgan fingerprint density at radius 2 is 1.97 bits per heavy atom. The number of ether oxygens (including phenoxy) is 1. The molecule has 1 aliphatic heterocycles. The number of hydrogen-bond donors (Lipinski definition) is 0. The fraction of sp³-hybridized carbons (Fsp3) is 0.348. The standard InChI is InChI=1S/C23H23F2N3O3/c1-15-3-2-4-18-22(15)26-14-28(23(18)30)12-9-21(29)27-10-7-17(8-11-27)31-20-6-5-16(24)13-19(20)25/h2-6,13-14,17H,7-12H2,1H3. The SMILES string of the molecule is Cc1cccc2c(=O)n(CCC(=O)N3CCC(Oc4ccc(F)cc4F)CC3)cnc12. The van der Waals surface area contributed by atoms with Crippen molar-refractivity contribution in [3.05, 3.63) is 70.3 Å². The second kappa shape index (κ2) is 8.83. The van der Waals surface area contributed by atoms with E-state index in [0.717, 1.165) is 17.7 Å². The van der Waals surface area contributed by atoms with Crippen LogP contribution in [-0.2, 0) is 11.3 Å². The topological polar surface area (TPSA) is 64.4 Å². The van der Waals surface area contributed by atoms with E-state index in [9.17, 15) is 18.4 Å². The number of halogens is 2. The van der Waals surface area contributed by atoms with Gasteiger partial charge in [-0.05, 0) is 30.7 Å². The number of likely N-dealkylation sites (tertiary alicyclic amines) is 1. The highest BCUT2D eigenvalue weighted by molar-refractivity contribution is 5.80. The van der Waals surface area contributed by atoms with Gasteiger partial charge in [-0.15, -0.1) is 0 Å². The number of benzene rings is 2. The van der Waals surface area contributed by atoms with Crippen LogP contribution in [0.3, 0.4) is 0 Å². The summed E-state index contributed by atoms with van der Waals surface area (Å²) in [6.45, 7) is 3.12. The Hall–Kier alpha value is -3.29. The molecule has 1 fully saturated rings. The van der Waals surface area contributed by atoms with Crippen LogP contribution < -0.4 is 10.3 Å². The Kier molecular flexibility index (Phi) is 5.97. The van der Waals surface area contributed by atoms with Crippen molar-refractivity contribution in [3.63, 3.8) is 0 Å². The summed E-state index contributed by atoms with van der Waals surface area (Å²) in [5, 5.41) is 0.543. The fourth-order valence-electron chi connectivity index (χ4n) is 3.84. The summed E-state index contributed by atoms with van der Waals surface area (Å²) in [6, 6.07) is 8.69. The maximum absolute atomic E-state index is 13.8. The molecule has 3 aromatic rings. The minimum absolute atomic E-state index is 0.0181. The molecule has 0 saturated carbocycles.